The molecule has 0 saturated heterocycles. The largest absolute Gasteiger partial charge is 0.338 e. The first-order chi connectivity index (χ1) is 12.5. The summed E-state index contributed by atoms with van der Waals surface area (Å²) in [6, 6.07) is 6.40. The summed E-state index contributed by atoms with van der Waals surface area (Å²) in [4.78, 5) is 14.5. The molecule has 0 saturated carbocycles. The number of fused-ring (bicyclic) bond motifs is 1. The zero-order valence-electron chi connectivity index (χ0n) is 14.7. The quantitative estimate of drug-likeness (QED) is 0.714. The summed E-state index contributed by atoms with van der Waals surface area (Å²) < 4.78 is 17.5. The van der Waals surface area contributed by atoms with Gasteiger partial charge in [-0.25, -0.2) is 4.39 Å². The van der Waals surface area contributed by atoms with Crippen molar-refractivity contribution in [1.82, 2.24) is 29.4 Å². The van der Waals surface area contributed by atoms with Crippen LogP contribution in [0, 0.1) is 5.82 Å². The molecule has 0 fully saturated rings. The number of rotatable bonds is 3. The van der Waals surface area contributed by atoms with E-state index < -0.39 is 0 Å². The Hall–Kier alpha value is -3.03. The van der Waals surface area contributed by atoms with Crippen LogP contribution < -0.4 is 0 Å². The SMILES string of the molecule is Cn1cnnc1-c1nn(C)c2c1CN(C(=O)Cc1ccccc1F)CC2. The highest BCUT2D eigenvalue weighted by molar-refractivity contribution is 5.79. The number of amides is 1. The first-order valence-electron chi connectivity index (χ1n) is 8.45. The van der Waals surface area contributed by atoms with Crippen molar-refractivity contribution in [2.24, 2.45) is 14.1 Å². The fraction of sp³-hybridized carbons (Fsp3) is 0.333. The highest BCUT2D eigenvalue weighted by Gasteiger charge is 2.28. The molecule has 2 aromatic heterocycles. The number of aryl methyl sites for hydroxylation is 2. The van der Waals surface area contributed by atoms with Crippen LogP contribution in [0.2, 0.25) is 0 Å². The van der Waals surface area contributed by atoms with E-state index in [0.717, 1.165) is 17.0 Å². The van der Waals surface area contributed by atoms with Gasteiger partial charge < -0.3 is 9.47 Å². The van der Waals surface area contributed by atoms with E-state index in [4.69, 9.17) is 0 Å². The van der Waals surface area contributed by atoms with Gasteiger partial charge in [0.1, 0.15) is 17.8 Å². The fourth-order valence-electron chi connectivity index (χ4n) is 3.40. The summed E-state index contributed by atoms with van der Waals surface area (Å²) in [5.41, 5.74) is 3.24. The van der Waals surface area contributed by atoms with Crippen LogP contribution in [0.1, 0.15) is 16.8 Å². The van der Waals surface area contributed by atoms with Gasteiger partial charge >= 0.3 is 0 Å². The molecular weight excluding hydrogens is 335 g/mol. The third kappa shape index (κ3) is 2.77. The van der Waals surface area contributed by atoms with Crippen LogP contribution in [0.5, 0.6) is 0 Å². The van der Waals surface area contributed by atoms with Crippen molar-refractivity contribution in [1.29, 1.82) is 0 Å². The molecule has 8 heteroatoms. The van der Waals surface area contributed by atoms with Crippen LogP contribution in [-0.4, -0.2) is 41.9 Å². The van der Waals surface area contributed by atoms with Crippen LogP contribution in [0.15, 0.2) is 30.6 Å². The molecule has 7 nitrogen and oxygen atoms in total. The summed E-state index contributed by atoms with van der Waals surface area (Å²) in [5, 5.41) is 12.6. The molecule has 134 valence electrons. The van der Waals surface area contributed by atoms with Gasteiger partial charge in [0.25, 0.3) is 0 Å². The predicted octanol–water partition coefficient (Wildman–Crippen LogP) is 1.48. The molecule has 0 unspecified atom stereocenters. The molecule has 1 aromatic carbocycles. The topological polar surface area (TPSA) is 68.8 Å². The van der Waals surface area contributed by atoms with Crippen LogP contribution in [0.3, 0.4) is 0 Å². The van der Waals surface area contributed by atoms with Gasteiger partial charge in [0.15, 0.2) is 5.82 Å². The lowest BCUT2D eigenvalue weighted by molar-refractivity contribution is -0.131. The molecular formula is C18H19FN6O. The highest BCUT2D eigenvalue weighted by Crippen LogP contribution is 2.28. The number of benzene rings is 1. The number of carbonyl (C=O) groups excluding carboxylic acids is 1. The molecule has 0 aliphatic carbocycles. The van der Waals surface area contributed by atoms with Gasteiger partial charge in [-0.05, 0) is 11.6 Å². The van der Waals surface area contributed by atoms with Gasteiger partial charge in [0.2, 0.25) is 5.91 Å². The van der Waals surface area contributed by atoms with E-state index in [1.165, 1.54) is 6.07 Å². The summed E-state index contributed by atoms with van der Waals surface area (Å²) in [7, 11) is 3.76. The van der Waals surface area contributed by atoms with E-state index in [2.05, 4.69) is 15.3 Å². The molecule has 0 radical (unpaired) electrons. The standard InChI is InChI=1S/C18H19FN6O/c1-23-11-20-21-18(23)17-13-10-25(8-7-15(13)24(2)22-17)16(26)9-12-5-3-4-6-14(12)19/h3-6,11H,7-10H2,1-2H3. The molecule has 0 N–H and O–H groups in total. The van der Waals surface area contributed by atoms with Crippen LogP contribution in [-0.2, 0) is 38.3 Å². The van der Waals surface area contributed by atoms with Crippen LogP contribution >= 0.6 is 0 Å². The lowest BCUT2D eigenvalue weighted by Gasteiger charge is -2.27. The fourth-order valence-corrected chi connectivity index (χ4v) is 3.40. The number of hydrogen-bond acceptors (Lipinski definition) is 4. The predicted molar refractivity (Wildman–Crippen MR) is 92.4 cm³/mol. The lowest BCUT2D eigenvalue weighted by Crippen LogP contribution is -2.37. The third-order valence-corrected chi connectivity index (χ3v) is 4.82. The molecule has 0 atom stereocenters. The van der Waals surface area contributed by atoms with Gasteiger partial charge in [0, 0.05) is 44.9 Å². The molecule has 0 bridgehead atoms. The molecule has 4 rings (SSSR count). The average molecular weight is 354 g/mol. The minimum atomic E-state index is -0.347. The summed E-state index contributed by atoms with van der Waals surface area (Å²) in [6.07, 6.45) is 2.39. The molecule has 1 aliphatic heterocycles. The molecule has 1 amide bonds. The molecule has 1 aliphatic rings. The summed E-state index contributed by atoms with van der Waals surface area (Å²) in [5.74, 6) is 0.235. The van der Waals surface area contributed by atoms with Crippen molar-refractivity contribution >= 4 is 5.91 Å². The van der Waals surface area contributed by atoms with E-state index in [1.807, 2.05) is 23.3 Å². The highest BCUT2D eigenvalue weighted by atomic mass is 19.1. The maximum absolute atomic E-state index is 13.9. The van der Waals surface area contributed by atoms with E-state index in [0.29, 0.717) is 30.9 Å². The van der Waals surface area contributed by atoms with Gasteiger partial charge in [0.05, 0.1) is 6.42 Å². The first kappa shape index (κ1) is 16.4. The second-order valence-electron chi connectivity index (χ2n) is 6.50. The minimum absolute atomic E-state index is 0.0571. The molecule has 3 aromatic rings. The Kier molecular flexibility index (Phi) is 4.02. The number of halogens is 1. The van der Waals surface area contributed by atoms with E-state index in [9.17, 15) is 9.18 Å². The van der Waals surface area contributed by atoms with Crippen molar-refractivity contribution in [3.63, 3.8) is 0 Å². The van der Waals surface area contributed by atoms with Crippen molar-refractivity contribution < 1.29 is 9.18 Å². The second kappa shape index (κ2) is 6.36. The van der Waals surface area contributed by atoms with Crippen molar-refractivity contribution in [2.45, 2.75) is 19.4 Å². The van der Waals surface area contributed by atoms with Gasteiger partial charge in [-0.2, -0.15) is 5.10 Å². The molecule has 3 heterocycles. The molecule has 0 spiro atoms. The van der Waals surface area contributed by atoms with E-state index >= 15 is 0 Å². The van der Waals surface area contributed by atoms with Gasteiger partial charge in [-0.3, -0.25) is 9.48 Å². The zero-order valence-corrected chi connectivity index (χ0v) is 14.7. The van der Waals surface area contributed by atoms with Crippen LogP contribution in [0.25, 0.3) is 11.5 Å². The summed E-state index contributed by atoms with van der Waals surface area (Å²) in [6.45, 7) is 1.04. The third-order valence-electron chi connectivity index (χ3n) is 4.82. The zero-order chi connectivity index (χ0) is 18.3. The average Bonchev–Trinajstić information content (AvgIpc) is 3.20. The van der Waals surface area contributed by atoms with Gasteiger partial charge in [-0.15, -0.1) is 10.2 Å². The van der Waals surface area contributed by atoms with Crippen molar-refractivity contribution in [2.75, 3.05) is 6.54 Å². The van der Waals surface area contributed by atoms with E-state index in [-0.39, 0.29) is 18.1 Å². The number of hydrogen-bond donors (Lipinski definition) is 0. The Bertz CT molecular complexity index is 976. The maximum atomic E-state index is 13.9. The van der Waals surface area contributed by atoms with Gasteiger partial charge in [-0.1, -0.05) is 18.2 Å². The Balaban J connectivity index is 1.60. The smallest absolute Gasteiger partial charge is 0.227 e. The Morgan fingerprint density at radius 2 is 2.08 bits per heavy atom. The number of nitrogens with zero attached hydrogens (tertiary/aromatic N) is 6. The maximum Gasteiger partial charge on any atom is 0.227 e. The Morgan fingerprint density at radius 1 is 1.27 bits per heavy atom. The monoisotopic (exact) mass is 354 g/mol. The first-order valence-corrected chi connectivity index (χ1v) is 8.45. The summed E-state index contributed by atoms with van der Waals surface area (Å²) >= 11 is 0. The van der Waals surface area contributed by atoms with Crippen molar-refractivity contribution in [3.05, 3.63) is 53.2 Å². The minimum Gasteiger partial charge on any atom is -0.338 e. The Morgan fingerprint density at radius 3 is 2.81 bits per heavy atom. The Labute approximate surface area is 150 Å². The number of carbonyl (C=O) groups is 1. The number of aromatic nitrogens is 5. The second-order valence-corrected chi connectivity index (χ2v) is 6.50. The van der Waals surface area contributed by atoms with Crippen LogP contribution in [0.4, 0.5) is 4.39 Å². The van der Waals surface area contributed by atoms with Crippen molar-refractivity contribution in [3.8, 4) is 11.5 Å². The normalized spacial score (nSPS) is 13.7. The lowest BCUT2D eigenvalue weighted by atomic mass is 10.0. The molecule has 26 heavy (non-hydrogen) atoms. The van der Waals surface area contributed by atoms with E-state index in [1.54, 1.807) is 29.4 Å².